The number of carbonyl (C=O) groups is 2. The van der Waals surface area contributed by atoms with E-state index in [0.29, 0.717) is 70.6 Å². The molecule has 0 bridgehead atoms. The van der Waals surface area contributed by atoms with Crippen molar-refractivity contribution in [2.45, 2.75) is 13.3 Å². The second kappa shape index (κ2) is 10.2. The summed E-state index contributed by atoms with van der Waals surface area (Å²) >= 11 is 12.3. The number of nitrogens with zero attached hydrogens (tertiary/aromatic N) is 5. The molecule has 3 aromatic rings. The van der Waals surface area contributed by atoms with Crippen LogP contribution in [0.2, 0.25) is 10.0 Å². The average Bonchev–Trinajstić information content (AvgIpc) is 3.10. The molecule has 4 rings (SSSR count). The van der Waals surface area contributed by atoms with Gasteiger partial charge in [-0.25, -0.2) is 14.8 Å². The molecule has 34 heavy (non-hydrogen) atoms. The van der Waals surface area contributed by atoms with Crippen molar-refractivity contribution in [3.05, 3.63) is 63.3 Å². The molecule has 1 aromatic heterocycles. The quantitative estimate of drug-likeness (QED) is 0.494. The lowest BCUT2D eigenvalue weighted by atomic mass is 10.1. The topological polar surface area (TPSA) is 99.4 Å². The van der Waals surface area contributed by atoms with E-state index in [1.54, 1.807) is 48.2 Å². The van der Waals surface area contributed by atoms with E-state index < -0.39 is 5.97 Å². The zero-order valence-corrected chi connectivity index (χ0v) is 19.9. The first-order chi connectivity index (χ1) is 16.4. The van der Waals surface area contributed by atoms with Gasteiger partial charge in [-0.15, -0.1) is 0 Å². The Morgan fingerprint density at radius 2 is 1.71 bits per heavy atom. The highest BCUT2D eigenvalue weighted by atomic mass is 35.5. The van der Waals surface area contributed by atoms with Crippen molar-refractivity contribution in [3.8, 4) is 6.07 Å². The first-order valence-corrected chi connectivity index (χ1v) is 11.5. The Kier molecular flexibility index (Phi) is 7.15. The van der Waals surface area contributed by atoms with Gasteiger partial charge in [0, 0.05) is 31.7 Å². The van der Waals surface area contributed by atoms with Crippen molar-refractivity contribution < 1.29 is 14.3 Å². The van der Waals surface area contributed by atoms with Crippen molar-refractivity contribution in [1.29, 1.82) is 5.26 Å². The number of esters is 1. The van der Waals surface area contributed by atoms with E-state index >= 15 is 0 Å². The van der Waals surface area contributed by atoms with Gasteiger partial charge in [0.15, 0.2) is 11.5 Å². The van der Waals surface area contributed by atoms with Crippen LogP contribution in [0.15, 0.2) is 36.4 Å². The van der Waals surface area contributed by atoms with Crippen LogP contribution in [0.1, 0.15) is 39.8 Å². The van der Waals surface area contributed by atoms with Crippen LogP contribution in [0.3, 0.4) is 0 Å². The van der Waals surface area contributed by atoms with Gasteiger partial charge in [-0.3, -0.25) is 4.79 Å². The third-order valence-electron chi connectivity index (χ3n) is 5.50. The average molecular weight is 498 g/mol. The second-order valence-corrected chi connectivity index (χ2v) is 8.51. The highest BCUT2D eigenvalue weighted by molar-refractivity contribution is 6.42. The highest BCUT2D eigenvalue weighted by Gasteiger charge is 2.26. The number of ether oxygens (including phenoxy) is 1. The van der Waals surface area contributed by atoms with Gasteiger partial charge in [0.1, 0.15) is 0 Å². The number of anilines is 1. The Bertz CT molecular complexity index is 1290. The van der Waals surface area contributed by atoms with Crippen molar-refractivity contribution in [1.82, 2.24) is 14.9 Å². The Labute approximate surface area is 206 Å². The minimum Gasteiger partial charge on any atom is -0.461 e. The Hall–Kier alpha value is -3.41. The van der Waals surface area contributed by atoms with Crippen molar-refractivity contribution in [2.24, 2.45) is 0 Å². The third-order valence-corrected chi connectivity index (χ3v) is 6.22. The minimum absolute atomic E-state index is 0.0969. The Morgan fingerprint density at radius 3 is 2.35 bits per heavy atom. The summed E-state index contributed by atoms with van der Waals surface area (Å²) in [7, 11) is 0. The lowest BCUT2D eigenvalue weighted by molar-refractivity contribution is 0.0520. The largest absolute Gasteiger partial charge is 0.461 e. The maximum Gasteiger partial charge on any atom is 0.360 e. The summed E-state index contributed by atoms with van der Waals surface area (Å²) in [6.45, 7) is 3.93. The van der Waals surface area contributed by atoms with Crippen molar-refractivity contribution in [2.75, 3.05) is 37.7 Å². The smallest absolute Gasteiger partial charge is 0.360 e. The molecular weight excluding hydrogens is 477 g/mol. The molecular formula is C24H21Cl2N5O3. The number of fused-ring (bicyclic) bond motifs is 1. The van der Waals surface area contributed by atoms with Gasteiger partial charge >= 0.3 is 5.97 Å². The van der Waals surface area contributed by atoms with E-state index in [4.69, 9.17) is 33.2 Å². The fourth-order valence-corrected chi connectivity index (χ4v) is 4.12. The predicted molar refractivity (Wildman–Crippen MR) is 129 cm³/mol. The molecule has 1 aliphatic heterocycles. The summed E-state index contributed by atoms with van der Waals surface area (Å²) in [5, 5.41) is 9.63. The number of nitriles is 1. The van der Waals surface area contributed by atoms with E-state index in [2.05, 4.69) is 16.0 Å². The molecule has 2 heterocycles. The fraction of sp³-hybridized carbons (Fsp3) is 0.292. The summed E-state index contributed by atoms with van der Waals surface area (Å²) in [5.41, 5.74) is 2.07. The maximum absolute atomic E-state index is 13.0. The molecule has 0 atom stereocenters. The van der Waals surface area contributed by atoms with E-state index in [1.165, 1.54) is 0 Å². The van der Waals surface area contributed by atoms with Crippen LogP contribution in [0.4, 0.5) is 5.82 Å². The second-order valence-electron chi connectivity index (χ2n) is 7.69. The first-order valence-electron chi connectivity index (χ1n) is 10.8. The molecule has 0 saturated carbocycles. The maximum atomic E-state index is 13.0. The van der Waals surface area contributed by atoms with Crippen LogP contribution >= 0.6 is 23.2 Å². The number of hydrogen-bond donors (Lipinski definition) is 0. The molecule has 10 heteroatoms. The molecule has 1 aliphatic rings. The Balaban J connectivity index is 1.62. The normalized spacial score (nSPS) is 13.9. The zero-order chi connectivity index (χ0) is 24.2. The molecule has 8 nitrogen and oxygen atoms in total. The van der Waals surface area contributed by atoms with Crippen LogP contribution < -0.4 is 4.90 Å². The summed E-state index contributed by atoms with van der Waals surface area (Å²) in [6, 6.07) is 11.8. The van der Waals surface area contributed by atoms with E-state index in [9.17, 15) is 9.59 Å². The zero-order valence-electron chi connectivity index (χ0n) is 18.4. The summed E-state index contributed by atoms with van der Waals surface area (Å²) < 4.78 is 5.22. The van der Waals surface area contributed by atoms with Gasteiger partial charge in [0.2, 0.25) is 0 Å². The lowest BCUT2D eigenvalue weighted by Gasteiger charge is -2.24. The van der Waals surface area contributed by atoms with Gasteiger partial charge in [-0.1, -0.05) is 23.2 Å². The van der Waals surface area contributed by atoms with Gasteiger partial charge in [0.05, 0.1) is 39.3 Å². The molecule has 2 aromatic carbocycles. The molecule has 0 unspecified atom stereocenters. The number of aromatic nitrogens is 2. The first kappa shape index (κ1) is 23.7. The standard InChI is InChI=1S/C24H21Cl2N5O3/c1-2-34-24(33)21-22(29-20-13-18(26)17(25)12-19(20)28-21)30-8-3-9-31(11-10-30)23(32)16-6-4-15(14-27)5-7-16/h4-7,12-13H,2-3,8-11H2,1H3. The lowest BCUT2D eigenvalue weighted by Crippen LogP contribution is -2.36. The van der Waals surface area contributed by atoms with Crippen LogP contribution in [0, 0.1) is 11.3 Å². The molecule has 174 valence electrons. The highest BCUT2D eigenvalue weighted by Crippen LogP contribution is 2.29. The molecule has 1 fully saturated rings. The van der Waals surface area contributed by atoms with E-state index in [1.807, 2.05) is 4.90 Å². The SMILES string of the molecule is CCOC(=O)c1nc2cc(Cl)c(Cl)cc2nc1N1CCCN(C(=O)c2ccc(C#N)cc2)CC1. The molecule has 1 saturated heterocycles. The van der Waals surface area contributed by atoms with Gasteiger partial charge in [-0.05, 0) is 49.7 Å². The predicted octanol–water partition coefficient (Wildman–Crippen LogP) is 4.34. The summed E-state index contributed by atoms with van der Waals surface area (Å²) in [6.07, 6.45) is 0.672. The molecule has 0 radical (unpaired) electrons. The van der Waals surface area contributed by atoms with Crippen molar-refractivity contribution >= 4 is 51.9 Å². The van der Waals surface area contributed by atoms with Gasteiger partial charge < -0.3 is 14.5 Å². The Morgan fingerprint density at radius 1 is 1.03 bits per heavy atom. The van der Waals surface area contributed by atoms with Gasteiger partial charge in [-0.2, -0.15) is 5.26 Å². The minimum atomic E-state index is -0.576. The molecule has 0 N–H and O–H groups in total. The number of rotatable bonds is 4. The molecule has 1 amide bonds. The molecule has 0 spiro atoms. The van der Waals surface area contributed by atoms with Crippen LogP contribution in [-0.2, 0) is 4.74 Å². The number of amides is 1. The van der Waals surface area contributed by atoms with E-state index in [-0.39, 0.29) is 18.2 Å². The summed E-state index contributed by atoms with van der Waals surface area (Å²) in [5.74, 6) is -0.298. The third kappa shape index (κ3) is 4.91. The van der Waals surface area contributed by atoms with Crippen LogP contribution in [-0.4, -0.2) is 59.5 Å². The van der Waals surface area contributed by atoms with Crippen molar-refractivity contribution in [3.63, 3.8) is 0 Å². The monoisotopic (exact) mass is 497 g/mol. The molecule has 0 aliphatic carbocycles. The summed E-state index contributed by atoms with van der Waals surface area (Å²) in [4.78, 5) is 38.6. The number of carbonyl (C=O) groups excluding carboxylic acids is 2. The number of halogens is 2. The van der Waals surface area contributed by atoms with E-state index in [0.717, 1.165) is 0 Å². The van der Waals surface area contributed by atoms with Crippen LogP contribution in [0.5, 0.6) is 0 Å². The fourth-order valence-electron chi connectivity index (χ4n) is 3.80. The van der Waals surface area contributed by atoms with Gasteiger partial charge in [0.25, 0.3) is 5.91 Å². The number of benzene rings is 2. The van der Waals surface area contributed by atoms with Crippen LogP contribution in [0.25, 0.3) is 11.0 Å². The number of hydrogen-bond acceptors (Lipinski definition) is 7.